The molecule has 2 aromatic carbocycles. The van der Waals surface area contributed by atoms with Crippen LogP contribution >= 0.6 is 0 Å². The summed E-state index contributed by atoms with van der Waals surface area (Å²) in [6, 6.07) is 14.4. The number of para-hydroxylation sites is 1. The minimum Gasteiger partial charge on any atom is -0.491 e. The molecule has 0 bridgehead atoms. The molecule has 5 N–H and O–H groups in total. The summed E-state index contributed by atoms with van der Waals surface area (Å²) in [6.45, 7) is -0.0497. The number of nitrogen functional groups attached to an aromatic ring is 1. The molecule has 5 heteroatoms. The predicted molar refractivity (Wildman–Crippen MR) is 81.1 cm³/mol. The fraction of sp³-hybridized carbons (Fsp3) is 0.188. The van der Waals surface area contributed by atoms with E-state index in [0.29, 0.717) is 17.0 Å². The van der Waals surface area contributed by atoms with Crippen LogP contribution in [0.25, 0.3) is 0 Å². The van der Waals surface area contributed by atoms with Gasteiger partial charge in [0.25, 0.3) is 0 Å². The van der Waals surface area contributed by atoms with Crippen molar-refractivity contribution in [1.82, 2.24) is 0 Å². The number of ketones is 1. The Morgan fingerprint density at radius 2 is 1.71 bits per heavy atom. The number of ether oxygens (including phenoxy) is 1. The second kappa shape index (κ2) is 6.88. The maximum Gasteiger partial charge on any atom is 0.182 e. The topological polar surface area (TPSA) is 98.6 Å². The second-order valence-electron chi connectivity index (χ2n) is 4.70. The highest BCUT2D eigenvalue weighted by Crippen LogP contribution is 2.11. The lowest BCUT2D eigenvalue weighted by Gasteiger charge is -2.18. The van der Waals surface area contributed by atoms with E-state index in [2.05, 4.69) is 0 Å². The first-order valence-corrected chi connectivity index (χ1v) is 6.59. The second-order valence-corrected chi connectivity index (χ2v) is 4.70. The van der Waals surface area contributed by atoms with Crippen molar-refractivity contribution in [3.63, 3.8) is 0 Å². The molecular weight excluding hydrogens is 268 g/mol. The third-order valence-corrected chi connectivity index (χ3v) is 3.08. The third-order valence-electron chi connectivity index (χ3n) is 3.08. The van der Waals surface area contributed by atoms with Crippen molar-refractivity contribution >= 4 is 11.5 Å². The van der Waals surface area contributed by atoms with Crippen LogP contribution in [0.3, 0.4) is 0 Å². The van der Waals surface area contributed by atoms with Gasteiger partial charge in [-0.2, -0.15) is 0 Å². The van der Waals surface area contributed by atoms with Gasteiger partial charge >= 0.3 is 0 Å². The molecule has 0 aromatic heterocycles. The number of carbonyl (C=O) groups is 1. The van der Waals surface area contributed by atoms with Crippen molar-refractivity contribution in [2.75, 3.05) is 12.3 Å². The standard InChI is InChI=1S/C16H18N2O3/c17-12-8-6-11(7-9-12)16(20)15(18)14(19)10-21-13-4-2-1-3-5-13/h1-9,14-15,19H,10,17-18H2. The maximum absolute atomic E-state index is 12.1. The highest BCUT2D eigenvalue weighted by atomic mass is 16.5. The van der Waals surface area contributed by atoms with Crippen molar-refractivity contribution in [3.8, 4) is 5.75 Å². The van der Waals surface area contributed by atoms with Gasteiger partial charge in [0.2, 0.25) is 0 Å². The van der Waals surface area contributed by atoms with E-state index in [-0.39, 0.29) is 12.4 Å². The average Bonchev–Trinajstić information content (AvgIpc) is 2.53. The quantitative estimate of drug-likeness (QED) is 0.548. The van der Waals surface area contributed by atoms with E-state index < -0.39 is 12.1 Å². The SMILES string of the molecule is Nc1ccc(C(=O)C(N)C(O)COc2ccccc2)cc1. The molecule has 0 radical (unpaired) electrons. The monoisotopic (exact) mass is 286 g/mol. The van der Waals surface area contributed by atoms with Crippen LogP contribution in [0.2, 0.25) is 0 Å². The fourth-order valence-corrected chi connectivity index (χ4v) is 1.82. The normalized spacial score (nSPS) is 13.4. The van der Waals surface area contributed by atoms with Crippen molar-refractivity contribution in [1.29, 1.82) is 0 Å². The predicted octanol–water partition coefficient (Wildman–Crippen LogP) is 1.22. The molecule has 21 heavy (non-hydrogen) atoms. The Morgan fingerprint density at radius 1 is 1.10 bits per heavy atom. The van der Waals surface area contributed by atoms with E-state index in [1.165, 1.54) is 0 Å². The number of aliphatic hydroxyl groups is 1. The van der Waals surface area contributed by atoms with Gasteiger partial charge in [0.1, 0.15) is 18.5 Å². The minimum atomic E-state index is -1.09. The summed E-state index contributed by atoms with van der Waals surface area (Å²) in [5.41, 5.74) is 12.3. The van der Waals surface area contributed by atoms with E-state index in [1.54, 1.807) is 36.4 Å². The van der Waals surface area contributed by atoms with Gasteiger partial charge in [0.05, 0.1) is 6.04 Å². The number of nitrogens with two attached hydrogens (primary N) is 2. The minimum absolute atomic E-state index is 0.0497. The number of anilines is 1. The highest BCUT2D eigenvalue weighted by molar-refractivity contribution is 6.00. The van der Waals surface area contributed by atoms with Gasteiger partial charge in [-0.25, -0.2) is 0 Å². The van der Waals surface area contributed by atoms with E-state index in [1.807, 2.05) is 18.2 Å². The van der Waals surface area contributed by atoms with Crippen LogP contribution in [0.15, 0.2) is 54.6 Å². The Kier molecular flexibility index (Phi) is 4.92. The maximum atomic E-state index is 12.1. The van der Waals surface area contributed by atoms with Crippen molar-refractivity contribution < 1.29 is 14.6 Å². The van der Waals surface area contributed by atoms with Gasteiger partial charge in [0.15, 0.2) is 5.78 Å². The van der Waals surface area contributed by atoms with Crippen LogP contribution in [0, 0.1) is 0 Å². The van der Waals surface area contributed by atoms with Crippen LogP contribution < -0.4 is 16.2 Å². The zero-order valence-corrected chi connectivity index (χ0v) is 11.5. The smallest absolute Gasteiger partial charge is 0.182 e. The van der Waals surface area contributed by atoms with Crippen molar-refractivity contribution in [3.05, 3.63) is 60.2 Å². The number of aliphatic hydroxyl groups excluding tert-OH is 1. The zero-order valence-electron chi connectivity index (χ0n) is 11.5. The van der Waals surface area contributed by atoms with Gasteiger partial charge in [-0.3, -0.25) is 4.79 Å². The molecule has 0 heterocycles. The molecule has 110 valence electrons. The molecular formula is C16H18N2O3. The third kappa shape index (κ3) is 4.05. The summed E-state index contributed by atoms with van der Waals surface area (Å²) in [7, 11) is 0. The lowest BCUT2D eigenvalue weighted by Crippen LogP contribution is -2.45. The summed E-state index contributed by atoms with van der Waals surface area (Å²) >= 11 is 0. The van der Waals surface area contributed by atoms with Crippen LogP contribution in [-0.4, -0.2) is 29.6 Å². The van der Waals surface area contributed by atoms with Crippen molar-refractivity contribution in [2.24, 2.45) is 5.73 Å². The molecule has 2 rings (SSSR count). The number of hydrogen-bond acceptors (Lipinski definition) is 5. The van der Waals surface area contributed by atoms with E-state index in [9.17, 15) is 9.90 Å². The molecule has 0 aliphatic carbocycles. The summed E-state index contributed by atoms with van der Waals surface area (Å²) < 4.78 is 5.39. The molecule has 0 spiro atoms. The van der Waals surface area contributed by atoms with Gasteiger partial charge in [-0.1, -0.05) is 18.2 Å². The van der Waals surface area contributed by atoms with Crippen LogP contribution in [-0.2, 0) is 0 Å². The summed E-state index contributed by atoms with van der Waals surface area (Å²) in [5.74, 6) is 0.267. The van der Waals surface area contributed by atoms with Crippen LogP contribution in [0.5, 0.6) is 5.75 Å². The molecule has 0 amide bonds. The Hall–Kier alpha value is -2.37. The zero-order chi connectivity index (χ0) is 15.2. The van der Waals surface area contributed by atoms with Crippen molar-refractivity contribution in [2.45, 2.75) is 12.1 Å². The summed E-state index contributed by atoms with van der Waals surface area (Å²) in [4.78, 5) is 12.1. The number of hydrogen-bond donors (Lipinski definition) is 3. The fourth-order valence-electron chi connectivity index (χ4n) is 1.82. The Bertz CT molecular complexity index is 584. The van der Waals surface area contributed by atoms with Gasteiger partial charge < -0.3 is 21.3 Å². The average molecular weight is 286 g/mol. The van der Waals surface area contributed by atoms with Gasteiger partial charge in [-0.15, -0.1) is 0 Å². The lowest BCUT2D eigenvalue weighted by atomic mass is 10.0. The lowest BCUT2D eigenvalue weighted by molar-refractivity contribution is 0.0659. The van der Waals surface area contributed by atoms with Gasteiger partial charge in [0, 0.05) is 11.3 Å². The summed E-state index contributed by atoms with van der Waals surface area (Å²) in [5, 5.41) is 9.97. The first kappa shape index (κ1) is 15.0. The van der Waals surface area contributed by atoms with E-state index in [4.69, 9.17) is 16.2 Å². The molecule has 0 aliphatic heterocycles. The molecule has 0 saturated heterocycles. The number of rotatable bonds is 6. The molecule has 2 aromatic rings. The molecule has 2 atom stereocenters. The first-order valence-electron chi connectivity index (χ1n) is 6.59. The number of carbonyl (C=O) groups excluding carboxylic acids is 1. The first-order chi connectivity index (χ1) is 10.1. The molecule has 0 aliphatic rings. The van der Waals surface area contributed by atoms with Crippen LogP contribution in [0.1, 0.15) is 10.4 Å². The highest BCUT2D eigenvalue weighted by Gasteiger charge is 2.24. The summed E-state index contributed by atoms with van der Waals surface area (Å²) in [6.07, 6.45) is -1.09. The number of Topliss-reactive ketones (excluding diaryl/α,β-unsaturated/α-hetero) is 1. The Morgan fingerprint density at radius 3 is 2.33 bits per heavy atom. The van der Waals surface area contributed by atoms with Crippen LogP contribution in [0.4, 0.5) is 5.69 Å². The largest absolute Gasteiger partial charge is 0.491 e. The Balaban J connectivity index is 1.93. The van der Waals surface area contributed by atoms with E-state index >= 15 is 0 Å². The molecule has 2 unspecified atom stereocenters. The molecule has 0 fully saturated rings. The molecule has 5 nitrogen and oxygen atoms in total. The Labute approximate surface area is 123 Å². The molecule has 0 saturated carbocycles. The number of benzene rings is 2. The van der Waals surface area contributed by atoms with E-state index in [0.717, 1.165) is 0 Å². The van der Waals surface area contributed by atoms with Gasteiger partial charge in [-0.05, 0) is 36.4 Å².